The Bertz CT molecular complexity index is 753. The Labute approximate surface area is 161 Å². The van der Waals surface area contributed by atoms with E-state index in [4.69, 9.17) is 0 Å². The highest BCUT2D eigenvalue weighted by Crippen LogP contribution is 2.42. The van der Waals surface area contributed by atoms with Crippen molar-refractivity contribution in [2.45, 2.75) is 39.0 Å². The molecule has 0 aromatic rings. The van der Waals surface area contributed by atoms with Crippen molar-refractivity contribution in [3.63, 3.8) is 0 Å². The highest BCUT2D eigenvalue weighted by Gasteiger charge is 2.51. The maximum Gasteiger partial charge on any atom is 0.250 e. The molecule has 2 saturated heterocycles. The molecule has 0 N–H and O–H groups in total. The van der Waals surface area contributed by atoms with E-state index in [1.807, 2.05) is 13.0 Å². The van der Waals surface area contributed by atoms with Gasteiger partial charge in [0, 0.05) is 37.2 Å². The molecule has 2 fully saturated rings. The second-order valence-corrected chi connectivity index (χ2v) is 9.51. The number of fused-ring (bicyclic) bond motifs is 1. The van der Waals surface area contributed by atoms with E-state index in [1.54, 1.807) is 17.2 Å². The van der Waals surface area contributed by atoms with E-state index in [0.717, 1.165) is 36.6 Å². The highest BCUT2D eigenvalue weighted by atomic mass is 32.2. The lowest BCUT2D eigenvalue weighted by atomic mass is 9.91. The quantitative estimate of drug-likeness (QED) is 0.638. The first kappa shape index (κ1) is 20.1. The molecule has 0 aliphatic carbocycles. The Morgan fingerprint density at radius 1 is 1.26 bits per heavy atom. The topological polar surface area (TPSA) is 78.0 Å². The van der Waals surface area contributed by atoms with Crippen molar-refractivity contribution in [1.29, 1.82) is 0 Å². The van der Waals surface area contributed by atoms with Crippen molar-refractivity contribution in [1.82, 2.24) is 14.1 Å². The van der Waals surface area contributed by atoms with Gasteiger partial charge in [-0.25, -0.2) is 12.7 Å². The third-order valence-corrected chi connectivity index (χ3v) is 6.64. The van der Waals surface area contributed by atoms with Crippen LogP contribution in [0.4, 0.5) is 0 Å². The number of amides is 2. The van der Waals surface area contributed by atoms with Gasteiger partial charge in [-0.1, -0.05) is 25.8 Å². The number of nitrogens with zero attached hydrogens (tertiary/aromatic N) is 3. The van der Waals surface area contributed by atoms with Crippen molar-refractivity contribution in [2.24, 2.45) is 11.8 Å². The summed E-state index contributed by atoms with van der Waals surface area (Å²) in [5.74, 6) is -1.12. The summed E-state index contributed by atoms with van der Waals surface area (Å²) < 4.78 is 25.1. The van der Waals surface area contributed by atoms with Gasteiger partial charge in [-0.05, 0) is 32.4 Å². The van der Waals surface area contributed by atoms with Crippen LogP contribution in [0.1, 0.15) is 39.0 Å². The van der Waals surface area contributed by atoms with Gasteiger partial charge in [0.2, 0.25) is 21.8 Å². The molecule has 2 amide bonds. The Balaban J connectivity index is 1.70. The molecule has 3 heterocycles. The van der Waals surface area contributed by atoms with Gasteiger partial charge in [-0.2, -0.15) is 0 Å². The van der Waals surface area contributed by atoms with Crippen molar-refractivity contribution in [3.05, 3.63) is 24.0 Å². The van der Waals surface area contributed by atoms with E-state index in [9.17, 15) is 18.0 Å². The van der Waals surface area contributed by atoms with Crippen LogP contribution in [0.25, 0.3) is 0 Å². The minimum Gasteiger partial charge on any atom is -0.313 e. The molecule has 150 valence electrons. The summed E-state index contributed by atoms with van der Waals surface area (Å²) in [4.78, 5) is 29.0. The van der Waals surface area contributed by atoms with Crippen LogP contribution >= 0.6 is 0 Å². The maximum atomic E-state index is 12.6. The first-order chi connectivity index (χ1) is 12.8. The molecule has 2 atom stereocenters. The Hall–Kier alpha value is -1.67. The van der Waals surface area contributed by atoms with Gasteiger partial charge >= 0.3 is 0 Å². The first-order valence-electron chi connectivity index (χ1n) is 9.78. The van der Waals surface area contributed by atoms with E-state index in [-0.39, 0.29) is 23.7 Å². The lowest BCUT2D eigenvalue weighted by Crippen LogP contribution is -2.34. The summed E-state index contributed by atoms with van der Waals surface area (Å²) in [7, 11) is -3.68. The van der Waals surface area contributed by atoms with Crippen LogP contribution in [0.3, 0.4) is 0 Å². The average Bonchev–Trinajstić information content (AvgIpc) is 3.13. The summed E-state index contributed by atoms with van der Waals surface area (Å²) in [5, 5.41) is 0. The van der Waals surface area contributed by atoms with Crippen LogP contribution in [-0.2, 0) is 19.6 Å². The molecular formula is C19H29N3O4S. The molecule has 3 aliphatic rings. The lowest BCUT2D eigenvalue weighted by molar-refractivity contribution is -0.129. The zero-order chi connectivity index (χ0) is 19.6. The molecule has 3 rings (SSSR count). The minimum atomic E-state index is -3.68. The zero-order valence-corrected chi connectivity index (χ0v) is 17.0. The standard InChI is InChI=1S/C19H29N3O4S/c1-3-8-15-16-13-21(14-17(16)22(19(15)24)27(2,25)26)18(23)9-7-12-20-10-5-4-6-11-20/h7,9,14-16H,3-6,8,10-13H2,1-2H3/t15-,16-/m1/s1. The number of hydrogen-bond acceptors (Lipinski definition) is 5. The molecule has 0 spiro atoms. The Kier molecular flexibility index (Phi) is 6.05. The highest BCUT2D eigenvalue weighted by molar-refractivity contribution is 7.89. The molecule has 0 aromatic heterocycles. The molecule has 0 aromatic carbocycles. The van der Waals surface area contributed by atoms with E-state index in [2.05, 4.69) is 4.90 Å². The number of hydrogen-bond donors (Lipinski definition) is 0. The molecule has 0 bridgehead atoms. The van der Waals surface area contributed by atoms with Gasteiger partial charge in [0.05, 0.1) is 12.0 Å². The van der Waals surface area contributed by atoms with Crippen molar-refractivity contribution < 1.29 is 18.0 Å². The van der Waals surface area contributed by atoms with Crippen LogP contribution in [-0.4, -0.2) is 66.8 Å². The van der Waals surface area contributed by atoms with Gasteiger partial charge in [0.1, 0.15) is 0 Å². The van der Waals surface area contributed by atoms with E-state index in [0.29, 0.717) is 18.7 Å². The lowest BCUT2D eigenvalue weighted by Gasteiger charge is -2.24. The monoisotopic (exact) mass is 395 g/mol. The van der Waals surface area contributed by atoms with Crippen molar-refractivity contribution >= 4 is 21.8 Å². The predicted octanol–water partition coefficient (Wildman–Crippen LogP) is 1.55. The van der Waals surface area contributed by atoms with Crippen LogP contribution in [0, 0.1) is 11.8 Å². The molecule has 27 heavy (non-hydrogen) atoms. The number of carbonyl (C=O) groups excluding carboxylic acids is 2. The van der Waals surface area contributed by atoms with Gasteiger partial charge in [0.25, 0.3) is 0 Å². The van der Waals surface area contributed by atoms with Gasteiger partial charge < -0.3 is 4.90 Å². The maximum absolute atomic E-state index is 12.6. The molecule has 3 aliphatic heterocycles. The second kappa shape index (κ2) is 8.14. The fraction of sp³-hybridized carbons (Fsp3) is 0.684. The first-order valence-corrected chi connectivity index (χ1v) is 11.6. The summed E-state index contributed by atoms with van der Waals surface area (Å²) in [6.07, 6.45) is 11.1. The number of piperidine rings is 1. The van der Waals surface area contributed by atoms with Crippen LogP contribution in [0.5, 0.6) is 0 Å². The normalized spacial score (nSPS) is 26.7. The van der Waals surface area contributed by atoms with Gasteiger partial charge in [-0.15, -0.1) is 0 Å². The number of rotatable bonds is 6. The SMILES string of the molecule is CCC[C@H]1C(=O)N(S(C)(=O)=O)C2=CN(C(=O)C=CCN3CCCCC3)C[C@@H]21. The smallest absolute Gasteiger partial charge is 0.250 e. The third-order valence-electron chi connectivity index (χ3n) is 5.59. The molecule has 0 saturated carbocycles. The number of sulfonamides is 1. The summed E-state index contributed by atoms with van der Waals surface area (Å²) in [6.45, 7) is 5.23. The van der Waals surface area contributed by atoms with Gasteiger partial charge in [0.15, 0.2) is 0 Å². The van der Waals surface area contributed by atoms with Gasteiger partial charge in [-0.3, -0.25) is 14.5 Å². The molecule has 0 radical (unpaired) electrons. The van der Waals surface area contributed by atoms with E-state index in [1.165, 1.54) is 19.3 Å². The average molecular weight is 396 g/mol. The Morgan fingerprint density at radius 3 is 2.59 bits per heavy atom. The fourth-order valence-corrected chi connectivity index (χ4v) is 5.31. The minimum absolute atomic E-state index is 0.162. The Morgan fingerprint density at radius 2 is 1.96 bits per heavy atom. The molecule has 7 nitrogen and oxygen atoms in total. The van der Waals surface area contributed by atoms with Crippen LogP contribution < -0.4 is 0 Å². The zero-order valence-electron chi connectivity index (χ0n) is 16.1. The molecule has 8 heteroatoms. The van der Waals surface area contributed by atoms with Crippen molar-refractivity contribution in [3.8, 4) is 0 Å². The third kappa shape index (κ3) is 4.27. The van der Waals surface area contributed by atoms with Crippen molar-refractivity contribution in [2.75, 3.05) is 32.4 Å². The van der Waals surface area contributed by atoms with Crippen LogP contribution in [0.2, 0.25) is 0 Å². The largest absolute Gasteiger partial charge is 0.313 e. The van der Waals surface area contributed by atoms with E-state index >= 15 is 0 Å². The second-order valence-electron chi connectivity index (χ2n) is 7.68. The molecule has 0 unspecified atom stereocenters. The predicted molar refractivity (Wildman–Crippen MR) is 103 cm³/mol. The molecular weight excluding hydrogens is 366 g/mol. The summed E-state index contributed by atoms with van der Waals surface area (Å²) in [6, 6.07) is 0. The fourth-order valence-electron chi connectivity index (χ4n) is 4.28. The summed E-state index contributed by atoms with van der Waals surface area (Å²) in [5.41, 5.74) is 0.443. The summed E-state index contributed by atoms with van der Waals surface area (Å²) >= 11 is 0. The van der Waals surface area contributed by atoms with Crippen LogP contribution in [0.15, 0.2) is 24.0 Å². The number of likely N-dealkylation sites (tertiary alicyclic amines) is 1. The number of carbonyl (C=O) groups is 2. The van der Waals surface area contributed by atoms with E-state index < -0.39 is 10.0 Å².